The molecule has 122 valence electrons. The highest BCUT2D eigenvalue weighted by Crippen LogP contribution is 2.28. The summed E-state index contributed by atoms with van der Waals surface area (Å²) in [7, 11) is 0. The second-order valence-corrected chi connectivity index (χ2v) is 6.00. The molecule has 0 fully saturated rings. The van der Waals surface area contributed by atoms with Crippen LogP contribution in [0, 0.1) is 6.92 Å². The number of nitrogens with two attached hydrogens (primary N) is 1. The van der Waals surface area contributed by atoms with E-state index in [4.69, 9.17) is 10.7 Å². The van der Waals surface area contributed by atoms with Gasteiger partial charge in [0, 0.05) is 28.5 Å². The Morgan fingerprint density at radius 2 is 1.76 bits per heavy atom. The van der Waals surface area contributed by atoms with E-state index in [1.54, 1.807) is 0 Å². The minimum atomic E-state index is 0.560. The zero-order valence-corrected chi connectivity index (χ0v) is 13.9. The lowest BCUT2D eigenvalue weighted by molar-refractivity contribution is 1.21. The second kappa shape index (κ2) is 6.24. The van der Waals surface area contributed by atoms with Crippen LogP contribution >= 0.6 is 0 Å². The van der Waals surface area contributed by atoms with Crippen molar-refractivity contribution in [1.29, 1.82) is 0 Å². The molecular formula is C21H18N4. The molecule has 4 rings (SSSR count). The third kappa shape index (κ3) is 3.02. The van der Waals surface area contributed by atoms with Crippen molar-refractivity contribution in [3.05, 3.63) is 78.5 Å². The van der Waals surface area contributed by atoms with Gasteiger partial charge in [0.15, 0.2) is 0 Å². The third-order valence-electron chi connectivity index (χ3n) is 4.20. The van der Waals surface area contributed by atoms with E-state index in [2.05, 4.69) is 28.5 Å². The molecule has 0 unspecified atom stereocenters. The number of rotatable bonds is 3. The lowest BCUT2D eigenvalue weighted by Crippen LogP contribution is -2.00. The van der Waals surface area contributed by atoms with E-state index >= 15 is 0 Å². The molecule has 0 aliphatic rings. The van der Waals surface area contributed by atoms with Crippen LogP contribution in [0.1, 0.15) is 5.56 Å². The van der Waals surface area contributed by atoms with E-state index in [9.17, 15) is 0 Å². The van der Waals surface area contributed by atoms with Crippen LogP contribution in [0.2, 0.25) is 0 Å². The van der Waals surface area contributed by atoms with Gasteiger partial charge in [0.05, 0.1) is 5.52 Å². The minimum absolute atomic E-state index is 0.560. The van der Waals surface area contributed by atoms with E-state index in [1.807, 2.05) is 61.7 Å². The van der Waals surface area contributed by atoms with E-state index < -0.39 is 0 Å². The van der Waals surface area contributed by atoms with Gasteiger partial charge in [-0.25, -0.2) is 9.97 Å². The van der Waals surface area contributed by atoms with Gasteiger partial charge in [0.25, 0.3) is 0 Å². The molecule has 0 saturated carbocycles. The summed E-state index contributed by atoms with van der Waals surface area (Å²) in [6.45, 7) is 2.03. The number of benzene rings is 3. The standard InChI is InChI=1S/C21H18N4/c1-14-10-11-17(22)12-19(14)24-21-23-13-16-8-5-9-18(20(16)25-21)15-6-3-2-4-7-15/h2-13H,22H2,1H3,(H,23,24,25). The van der Waals surface area contributed by atoms with Gasteiger partial charge in [-0.3, -0.25) is 0 Å². The maximum atomic E-state index is 5.89. The lowest BCUT2D eigenvalue weighted by atomic mass is 10.0. The monoisotopic (exact) mass is 326 g/mol. The fourth-order valence-electron chi connectivity index (χ4n) is 2.86. The molecule has 0 atom stereocenters. The Kier molecular flexibility index (Phi) is 3.78. The molecule has 4 nitrogen and oxygen atoms in total. The van der Waals surface area contributed by atoms with Crippen molar-refractivity contribution in [3.63, 3.8) is 0 Å². The van der Waals surface area contributed by atoms with Crippen LogP contribution in [0.15, 0.2) is 72.9 Å². The van der Waals surface area contributed by atoms with E-state index in [0.29, 0.717) is 11.6 Å². The lowest BCUT2D eigenvalue weighted by Gasteiger charge is -2.11. The predicted molar refractivity (Wildman–Crippen MR) is 104 cm³/mol. The molecule has 0 saturated heterocycles. The number of aryl methyl sites for hydroxylation is 1. The molecule has 0 amide bonds. The molecular weight excluding hydrogens is 308 g/mol. The molecule has 0 spiro atoms. The van der Waals surface area contributed by atoms with Crippen molar-refractivity contribution in [1.82, 2.24) is 9.97 Å². The first-order chi connectivity index (χ1) is 12.2. The molecule has 0 aliphatic heterocycles. The van der Waals surface area contributed by atoms with Gasteiger partial charge < -0.3 is 11.1 Å². The highest BCUT2D eigenvalue weighted by molar-refractivity contribution is 5.93. The summed E-state index contributed by atoms with van der Waals surface area (Å²) >= 11 is 0. The molecule has 0 radical (unpaired) electrons. The molecule has 1 heterocycles. The van der Waals surface area contributed by atoms with Crippen LogP contribution in [-0.4, -0.2) is 9.97 Å². The van der Waals surface area contributed by atoms with E-state index in [-0.39, 0.29) is 0 Å². The van der Waals surface area contributed by atoms with Crippen molar-refractivity contribution in [2.45, 2.75) is 6.92 Å². The van der Waals surface area contributed by atoms with Gasteiger partial charge in [0.2, 0.25) is 5.95 Å². The first-order valence-electron chi connectivity index (χ1n) is 8.15. The zero-order chi connectivity index (χ0) is 17.2. The Hall–Kier alpha value is -3.40. The molecule has 0 aliphatic carbocycles. The summed E-state index contributed by atoms with van der Waals surface area (Å²) < 4.78 is 0. The number of aromatic nitrogens is 2. The highest BCUT2D eigenvalue weighted by atomic mass is 15.1. The predicted octanol–water partition coefficient (Wildman–Crippen LogP) is 4.93. The summed E-state index contributed by atoms with van der Waals surface area (Å²) in [6.07, 6.45) is 1.85. The smallest absolute Gasteiger partial charge is 0.227 e. The van der Waals surface area contributed by atoms with Gasteiger partial charge in [-0.2, -0.15) is 0 Å². The molecule has 1 aromatic heterocycles. The van der Waals surface area contributed by atoms with Crippen LogP contribution in [-0.2, 0) is 0 Å². The average molecular weight is 326 g/mol. The van der Waals surface area contributed by atoms with Crippen LogP contribution in [0.25, 0.3) is 22.0 Å². The molecule has 4 aromatic rings. The highest BCUT2D eigenvalue weighted by Gasteiger charge is 2.08. The summed E-state index contributed by atoms with van der Waals surface area (Å²) in [5, 5.41) is 4.29. The van der Waals surface area contributed by atoms with E-state index in [0.717, 1.165) is 33.3 Å². The number of nitrogens with zero attached hydrogens (tertiary/aromatic N) is 2. The van der Waals surface area contributed by atoms with Crippen molar-refractivity contribution >= 4 is 28.2 Å². The molecule has 3 aromatic carbocycles. The van der Waals surface area contributed by atoms with Crippen LogP contribution < -0.4 is 11.1 Å². The Bertz CT molecular complexity index is 1040. The molecule has 25 heavy (non-hydrogen) atoms. The fraction of sp³-hybridized carbons (Fsp3) is 0.0476. The summed E-state index contributed by atoms with van der Waals surface area (Å²) in [5.41, 5.74) is 11.8. The molecule has 3 N–H and O–H groups in total. The maximum absolute atomic E-state index is 5.89. The summed E-state index contributed by atoms with van der Waals surface area (Å²) in [4.78, 5) is 9.20. The third-order valence-corrected chi connectivity index (χ3v) is 4.20. The Morgan fingerprint density at radius 1 is 0.920 bits per heavy atom. The molecule has 4 heteroatoms. The average Bonchev–Trinajstić information content (AvgIpc) is 2.65. The molecule has 0 bridgehead atoms. The minimum Gasteiger partial charge on any atom is -0.399 e. The van der Waals surface area contributed by atoms with Crippen LogP contribution in [0.4, 0.5) is 17.3 Å². The number of hydrogen-bond acceptors (Lipinski definition) is 4. The van der Waals surface area contributed by atoms with Crippen LogP contribution in [0.3, 0.4) is 0 Å². The maximum Gasteiger partial charge on any atom is 0.227 e. The number of nitrogen functional groups attached to an aromatic ring is 1. The van der Waals surface area contributed by atoms with Crippen LogP contribution in [0.5, 0.6) is 0 Å². The second-order valence-electron chi connectivity index (χ2n) is 6.00. The Labute approximate surface area is 146 Å². The number of hydrogen-bond donors (Lipinski definition) is 2. The van der Waals surface area contributed by atoms with Gasteiger partial charge in [0.1, 0.15) is 0 Å². The van der Waals surface area contributed by atoms with Gasteiger partial charge in [-0.15, -0.1) is 0 Å². The van der Waals surface area contributed by atoms with Crippen molar-refractivity contribution in [3.8, 4) is 11.1 Å². The van der Waals surface area contributed by atoms with Gasteiger partial charge in [-0.1, -0.05) is 54.6 Å². The largest absolute Gasteiger partial charge is 0.399 e. The number of fused-ring (bicyclic) bond motifs is 1. The quantitative estimate of drug-likeness (QED) is 0.524. The number of para-hydroxylation sites is 1. The summed E-state index contributed by atoms with van der Waals surface area (Å²) in [5.74, 6) is 0.560. The number of nitrogens with one attached hydrogen (secondary N) is 1. The zero-order valence-electron chi connectivity index (χ0n) is 13.9. The Morgan fingerprint density at radius 3 is 2.60 bits per heavy atom. The first-order valence-corrected chi connectivity index (χ1v) is 8.15. The topological polar surface area (TPSA) is 63.8 Å². The number of anilines is 3. The Balaban J connectivity index is 1.81. The fourth-order valence-corrected chi connectivity index (χ4v) is 2.86. The normalized spacial score (nSPS) is 10.8. The van der Waals surface area contributed by atoms with Crippen molar-refractivity contribution in [2.75, 3.05) is 11.1 Å². The SMILES string of the molecule is Cc1ccc(N)cc1Nc1ncc2cccc(-c3ccccc3)c2n1. The van der Waals surface area contributed by atoms with Crippen molar-refractivity contribution in [2.24, 2.45) is 0 Å². The van der Waals surface area contributed by atoms with Crippen molar-refractivity contribution < 1.29 is 0 Å². The van der Waals surface area contributed by atoms with E-state index in [1.165, 1.54) is 0 Å². The van der Waals surface area contributed by atoms with Gasteiger partial charge in [-0.05, 0) is 30.2 Å². The summed E-state index contributed by atoms with van der Waals surface area (Å²) in [6, 6.07) is 22.2. The van der Waals surface area contributed by atoms with Gasteiger partial charge >= 0.3 is 0 Å². The first kappa shape index (κ1) is 15.1.